The maximum Gasteiger partial charge on any atom is 0.282 e. The fourth-order valence-corrected chi connectivity index (χ4v) is 4.77. The highest BCUT2D eigenvalue weighted by atomic mass is 19.3. The largest absolute Gasteiger partial charge is 0.375 e. The van der Waals surface area contributed by atoms with E-state index < -0.39 is 11.3 Å². The molecule has 1 amide bonds. The number of hydrogen-bond acceptors (Lipinski definition) is 8. The number of alkyl halides is 2. The van der Waals surface area contributed by atoms with Crippen LogP contribution in [0.5, 0.6) is 0 Å². The van der Waals surface area contributed by atoms with Crippen LogP contribution in [0.3, 0.4) is 0 Å². The van der Waals surface area contributed by atoms with E-state index in [0.717, 1.165) is 16.5 Å². The lowest BCUT2D eigenvalue weighted by atomic mass is 9.79. The lowest BCUT2D eigenvalue weighted by molar-refractivity contribution is -0.0267. The zero-order chi connectivity index (χ0) is 27.2. The molecular weight excluding hydrogens is 504 g/mol. The molecule has 196 valence electrons. The summed E-state index contributed by atoms with van der Waals surface area (Å²) in [5.41, 5.74) is 3.62. The molecule has 3 aromatic heterocycles. The molecular formula is C28H23F2N7O2. The topological polar surface area (TPSA) is 117 Å². The standard InChI is InChI=1S/C28H23F2N7O2/c1-27(13-31)16-39-12-19-3-2-17(6-21(19)27)26(38)34-9-20-7-23-18(8-33-20)4-5-22(35-23)24-10-32-11-25(36-24)37-14-28(29,30)15-37/h2-8,10-11H,9,12,14-16H2,1H3,(H,34,38)/t27-/m1/s1. The summed E-state index contributed by atoms with van der Waals surface area (Å²) in [4.78, 5) is 32.1. The summed E-state index contributed by atoms with van der Waals surface area (Å²) in [6.45, 7) is 1.91. The van der Waals surface area contributed by atoms with E-state index in [1.807, 2.05) is 12.1 Å². The van der Waals surface area contributed by atoms with Crippen molar-refractivity contribution in [2.45, 2.75) is 31.4 Å². The Morgan fingerprint density at radius 2 is 1.97 bits per heavy atom. The molecule has 4 aromatic rings. The average Bonchev–Trinajstić information content (AvgIpc) is 2.94. The number of aromatic nitrogens is 4. The highest BCUT2D eigenvalue weighted by Crippen LogP contribution is 2.33. The number of carbonyl (C=O) groups is 1. The quantitative estimate of drug-likeness (QED) is 0.417. The van der Waals surface area contributed by atoms with Crippen molar-refractivity contribution in [3.63, 3.8) is 0 Å². The highest BCUT2D eigenvalue weighted by molar-refractivity contribution is 5.94. The number of nitrogens with zero attached hydrogens (tertiary/aromatic N) is 6. The first-order valence-corrected chi connectivity index (χ1v) is 12.3. The molecule has 11 heteroatoms. The summed E-state index contributed by atoms with van der Waals surface area (Å²) in [5, 5.41) is 13.3. The van der Waals surface area contributed by atoms with Crippen LogP contribution in [-0.2, 0) is 23.3 Å². The Hall–Kier alpha value is -4.56. The van der Waals surface area contributed by atoms with E-state index >= 15 is 0 Å². The van der Waals surface area contributed by atoms with Crippen LogP contribution in [0, 0.1) is 11.3 Å². The molecule has 1 N–H and O–H groups in total. The van der Waals surface area contributed by atoms with Crippen molar-refractivity contribution in [1.29, 1.82) is 5.26 Å². The summed E-state index contributed by atoms with van der Waals surface area (Å²) < 4.78 is 32.1. The summed E-state index contributed by atoms with van der Waals surface area (Å²) >= 11 is 0. The SMILES string of the molecule is C[C@@]1(C#N)COCc2ccc(C(=O)NCc3cc4nc(-c5cncc(N6CC(F)(F)C6)n5)ccc4cn3)cc21. The molecule has 5 heterocycles. The van der Waals surface area contributed by atoms with Crippen molar-refractivity contribution >= 4 is 22.6 Å². The molecule has 1 atom stereocenters. The normalized spacial score (nSPS) is 19.6. The number of anilines is 1. The first-order valence-electron chi connectivity index (χ1n) is 12.3. The zero-order valence-corrected chi connectivity index (χ0v) is 21.0. The number of halogens is 2. The fraction of sp³-hybridized carbons (Fsp3) is 0.286. The molecule has 1 fully saturated rings. The van der Waals surface area contributed by atoms with Crippen molar-refractivity contribution in [3.05, 3.63) is 77.4 Å². The van der Waals surface area contributed by atoms with Gasteiger partial charge in [-0.15, -0.1) is 0 Å². The minimum absolute atomic E-state index is 0.175. The Morgan fingerprint density at radius 1 is 1.13 bits per heavy atom. The number of amides is 1. The summed E-state index contributed by atoms with van der Waals surface area (Å²) in [5.74, 6) is -2.61. The molecule has 2 aliphatic heterocycles. The molecule has 39 heavy (non-hydrogen) atoms. The molecule has 0 unspecified atom stereocenters. The Labute approximate surface area is 222 Å². The van der Waals surface area contributed by atoms with Gasteiger partial charge in [-0.3, -0.25) is 14.8 Å². The summed E-state index contributed by atoms with van der Waals surface area (Å²) in [6, 6.07) is 13.0. The van der Waals surface area contributed by atoms with Gasteiger partial charge in [-0.25, -0.2) is 18.7 Å². The molecule has 1 aromatic carbocycles. The number of ether oxygens (including phenoxy) is 1. The van der Waals surface area contributed by atoms with Crippen molar-refractivity contribution in [2.24, 2.45) is 0 Å². The molecule has 0 aliphatic carbocycles. The Kier molecular flexibility index (Phi) is 5.92. The smallest absolute Gasteiger partial charge is 0.282 e. The van der Waals surface area contributed by atoms with E-state index in [1.165, 1.54) is 11.1 Å². The fourth-order valence-electron chi connectivity index (χ4n) is 4.77. The molecule has 0 spiro atoms. The third-order valence-electron chi connectivity index (χ3n) is 6.97. The van der Waals surface area contributed by atoms with Crippen LogP contribution in [0.2, 0.25) is 0 Å². The van der Waals surface area contributed by atoms with E-state index in [-0.39, 0.29) is 32.1 Å². The Balaban J connectivity index is 1.19. The van der Waals surface area contributed by atoms with Gasteiger partial charge in [-0.2, -0.15) is 5.26 Å². The monoisotopic (exact) mass is 527 g/mol. The van der Waals surface area contributed by atoms with Crippen LogP contribution in [-0.4, -0.2) is 51.5 Å². The van der Waals surface area contributed by atoms with Crippen LogP contribution >= 0.6 is 0 Å². The Morgan fingerprint density at radius 3 is 2.77 bits per heavy atom. The molecule has 1 saturated heterocycles. The number of nitriles is 1. The lowest BCUT2D eigenvalue weighted by Gasteiger charge is -2.39. The number of hydrogen-bond donors (Lipinski definition) is 1. The molecule has 6 rings (SSSR count). The van der Waals surface area contributed by atoms with Gasteiger partial charge < -0.3 is 15.0 Å². The first kappa shape index (κ1) is 24.8. The molecule has 2 aliphatic rings. The number of nitrogens with one attached hydrogen (secondary N) is 1. The van der Waals surface area contributed by atoms with E-state index in [9.17, 15) is 18.8 Å². The third-order valence-corrected chi connectivity index (χ3v) is 6.97. The number of carbonyl (C=O) groups excluding carboxylic acids is 1. The van der Waals surface area contributed by atoms with Gasteiger partial charge in [0.2, 0.25) is 0 Å². The number of benzene rings is 1. The average molecular weight is 528 g/mol. The van der Waals surface area contributed by atoms with E-state index in [4.69, 9.17) is 4.74 Å². The van der Waals surface area contributed by atoms with Gasteiger partial charge in [-0.1, -0.05) is 6.07 Å². The van der Waals surface area contributed by atoms with Crippen molar-refractivity contribution in [1.82, 2.24) is 25.3 Å². The first-order chi connectivity index (χ1) is 18.7. The lowest BCUT2D eigenvalue weighted by Crippen LogP contribution is -2.56. The van der Waals surface area contributed by atoms with Gasteiger partial charge in [0, 0.05) is 17.1 Å². The predicted molar refractivity (Wildman–Crippen MR) is 138 cm³/mol. The van der Waals surface area contributed by atoms with Crippen LogP contribution in [0.25, 0.3) is 22.3 Å². The van der Waals surface area contributed by atoms with E-state index in [0.29, 0.717) is 40.6 Å². The summed E-state index contributed by atoms with van der Waals surface area (Å²) in [7, 11) is 0. The summed E-state index contributed by atoms with van der Waals surface area (Å²) in [6.07, 6.45) is 4.68. The molecule has 0 radical (unpaired) electrons. The molecule has 0 saturated carbocycles. The molecule has 9 nitrogen and oxygen atoms in total. The van der Waals surface area contributed by atoms with E-state index in [2.05, 4.69) is 31.3 Å². The van der Waals surface area contributed by atoms with Gasteiger partial charge in [0.05, 0.1) is 68.2 Å². The van der Waals surface area contributed by atoms with Crippen LogP contribution in [0.1, 0.15) is 34.1 Å². The number of pyridine rings is 2. The van der Waals surface area contributed by atoms with Crippen molar-refractivity contribution in [2.75, 3.05) is 24.6 Å². The second kappa shape index (κ2) is 9.32. The minimum Gasteiger partial charge on any atom is -0.375 e. The van der Waals surface area contributed by atoms with E-state index in [1.54, 1.807) is 43.6 Å². The van der Waals surface area contributed by atoms with Gasteiger partial charge in [0.15, 0.2) is 0 Å². The zero-order valence-electron chi connectivity index (χ0n) is 21.0. The second-order valence-electron chi connectivity index (χ2n) is 10.0. The van der Waals surface area contributed by atoms with Gasteiger partial charge in [0.1, 0.15) is 16.9 Å². The molecule has 0 bridgehead atoms. The van der Waals surface area contributed by atoms with Gasteiger partial charge >= 0.3 is 0 Å². The highest BCUT2D eigenvalue weighted by Gasteiger charge is 2.44. The van der Waals surface area contributed by atoms with Gasteiger partial charge in [-0.05, 0) is 48.4 Å². The van der Waals surface area contributed by atoms with Crippen molar-refractivity contribution in [3.8, 4) is 17.5 Å². The number of rotatable bonds is 5. The van der Waals surface area contributed by atoms with Crippen LogP contribution in [0.4, 0.5) is 14.6 Å². The van der Waals surface area contributed by atoms with Gasteiger partial charge in [0.25, 0.3) is 11.8 Å². The minimum atomic E-state index is -2.70. The maximum absolute atomic E-state index is 13.3. The van der Waals surface area contributed by atoms with Crippen LogP contribution < -0.4 is 10.2 Å². The Bertz CT molecular complexity index is 1650. The maximum atomic E-state index is 13.3. The predicted octanol–water partition coefficient (Wildman–Crippen LogP) is 3.78. The number of fused-ring (bicyclic) bond motifs is 2. The van der Waals surface area contributed by atoms with Crippen LogP contribution in [0.15, 0.2) is 55.0 Å². The van der Waals surface area contributed by atoms with Crippen molar-refractivity contribution < 1.29 is 18.3 Å². The third kappa shape index (κ3) is 4.75. The second-order valence-corrected chi connectivity index (χ2v) is 10.0.